The zero-order chi connectivity index (χ0) is 17.2. The van der Waals surface area contributed by atoms with E-state index >= 15 is 0 Å². The number of nitrogens with one attached hydrogen (secondary N) is 2. The molecule has 0 aliphatic heterocycles. The van der Waals surface area contributed by atoms with Gasteiger partial charge in [-0.05, 0) is 48.9 Å². The van der Waals surface area contributed by atoms with E-state index in [1.165, 1.54) is 0 Å². The van der Waals surface area contributed by atoms with E-state index in [-0.39, 0.29) is 11.8 Å². The monoisotopic (exact) mass is 420 g/mol. The second-order valence-corrected chi connectivity index (χ2v) is 6.59. The number of hydrogen-bond donors (Lipinski definition) is 2. The van der Waals surface area contributed by atoms with Crippen LogP contribution in [0.15, 0.2) is 34.2 Å². The summed E-state index contributed by atoms with van der Waals surface area (Å²) in [7, 11) is 1.54. The smallest absolute Gasteiger partial charge is 0.252 e. The number of likely N-dealkylation sites (N-methyl/N-ethyl adjacent to an activating group) is 1. The molecule has 8 heteroatoms. The molecule has 5 nitrogen and oxygen atoms in total. The number of carbonyl (C=O) groups is 2. The fourth-order valence-corrected chi connectivity index (χ4v) is 2.81. The lowest BCUT2D eigenvalue weighted by atomic mass is 10.1. The third-order valence-electron chi connectivity index (χ3n) is 3.11. The molecule has 0 saturated heterocycles. The Balaban J connectivity index is 2.72. The lowest BCUT2D eigenvalue weighted by molar-refractivity contribution is -0.122. The number of benzene rings is 1. The van der Waals surface area contributed by atoms with E-state index < -0.39 is 6.04 Å². The third-order valence-corrected chi connectivity index (χ3v) is 4.20. The highest BCUT2D eigenvalue weighted by Crippen LogP contribution is 2.16. The minimum Gasteiger partial charge on any atom is -0.357 e. The zero-order valence-corrected chi connectivity index (χ0v) is 15.9. The van der Waals surface area contributed by atoms with Crippen molar-refractivity contribution >= 4 is 51.7 Å². The van der Waals surface area contributed by atoms with Gasteiger partial charge in [-0.1, -0.05) is 22.0 Å². The Morgan fingerprint density at radius 3 is 2.83 bits per heavy atom. The van der Waals surface area contributed by atoms with Gasteiger partial charge in [-0.2, -0.15) is 0 Å². The van der Waals surface area contributed by atoms with Gasteiger partial charge in [0.15, 0.2) is 0 Å². The van der Waals surface area contributed by atoms with Crippen molar-refractivity contribution in [2.24, 2.45) is 0 Å². The standard InChI is InChI=1S/C15H18BrClN2O3S/c1-10-9-11(16)6-7-12(10)14(20)19-13(15(21)18-2)5-3-4-8-23-22-17/h4,6-9,13H,3,5H2,1-2H3,(H,18,21)(H,19,20)/b8-4-. The van der Waals surface area contributed by atoms with Gasteiger partial charge in [-0.15, -0.1) is 0 Å². The fourth-order valence-electron chi connectivity index (χ4n) is 1.95. The van der Waals surface area contributed by atoms with E-state index in [1.54, 1.807) is 24.6 Å². The predicted octanol–water partition coefficient (Wildman–Crippen LogP) is 3.71. The summed E-state index contributed by atoms with van der Waals surface area (Å²) in [4.78, 5) is 24.3. The van der Waals surface area contributed by atoms with Crippen LogP contribution in [-0.4, -0.2) is 24.9 Å². The van der Waals surface area contributed by atoms with Crippen LogP contribution in [0.5, 0.6) is 0 Å². The lowest BCUT2D eigenvalue weighted by Crippen LogP contribution is -2.45. The van der Waals surface area contributed by atoms with Gasteiger partial charge >= 0.3 is 0 Å². The summed E-state index contributed by atoms with van der Waals surface area (Å²) in [6, 6.07) is 4.77. The predicted molar refractivity (Wildman–Crippen MR) is 97.1 cm³/mol. The topological polar surface area (TPSA) is 67.4 Å². The lowest BCUT2D eigenvalue weighted by Gasteiger charge is -2.17. The minimum absolute atomic E-state index is 0.234. The quantitative estimate of drug-likeness (QED) is 0.628. The molecule has 0 spiro atoms. The van der Waals surface area contributed by atoms with Crippen LogP contribution in [0, 0.1) is 6.92 Å². The van der Waals surface area contributed by atoms with Crippen LogP contribution < -0.4 is 10.6 Å². The SMILES string of the molecule is CNC(=O)C(CC/C=C\SOCl)NC(=O)c1ccc(Br)cc1C. The number of aryl methyl sites for hydroxylation is 1. The maximum Gasteiger partial charge on any atom is 0.252 e. The Morgan fingerprint density at radius 1 is 1.48 bits per heavy atom. The maximum atomic E-state index is 12.4. The molecule has 0 heterocycles. The molecule has 1 aromatic carbocycles. The van der Waals surface area contributed by atoms with Gasteiger partial charge in [0, 0.05) is 29.1 Å². The average molecular weight is 422 g/mol. The van der Waals surface area contributed by atoms with Crippen molar-refractivity contribution in [3.8, 4) is 0 Å². The summed E-state index contributed by atoms with van der Waals surface area (Å²) < 4.78 is 5.21. The largest absolute Gasteiger partial charge is 0.357 e. The minimum atomic E-state index is -0.609. The number of rotatable bonds is 8. The first-order valence-corrected chi connectivity index (χ1v) is 8.78. The van der Waals surface area contributed by atoms with Crippen LogP contribution >= 0.6 is 39.8 Å². The highest BCUT2D eigenvalue weighted by atomic mass is 79.9. The first kappa shape index (κ1) is 20.0. The Bertz CT molecular complexity index is 584. The van der Waals surface area contributed by atoms with Crippen molar-refractivity contribution in [3.63, 3.8) is 0 Å². The van der Waals surface area contributed by atoms with E-state index in [2.05, 4.69) is 30.3 Å². The molecule has 0 aliphatic carbocycles. The van der Waals surface area contributed by atoms with Gasteiger partial charge in [0.1, 0.15) is 6.04 Å². The van der Waals surface area contributed by atoms with Crippen LogP contribution in [0.1, 0.15) is 28.8 Å². The van der Waals surface area contributed by atoms with Gasteiger partial charge in [0.2, 0.25) is 5.91 Å². The summed E-state index contributed by atoms with van der Waals surface area (Å²) in [5, 5.41) is 7.01. The molecule has 0 fully saturated rings. The van der Waals surface area contributed by atoms with Crippen molar-refractivity contribution in [2.75, 3.05) is 7.05 Å². The normalized spacial score (nSPS) is 12.2. The van der Waals surface area contributed by atoms with Crippen molar-refractivity contribution in [1.29, 1.82) is 0 Å². The maximum absolute atomic E-state index is 12.4. The zero-order valence-electron chi connectivity index (χ0n) is 12.8. The van der Waals surface area contributed by atoms with Gasteiger partial charge in [0.25, 0.3) is 5.91 Å². The second kappa shape index (κ2) is 10.7. The molecule has 126 valence electrons. The number of allylic oxidation sites excluding steroid dienone is 1. The van der Waals surface area contributed by atoms with Gasteiger partial charge in [-0.3, -0.25) is 9.59 Å². The summed E-state index contributed by atoms with van der Waals surface area (Å²) in [6.07, 6.45) is 2.89. The molecule has 23 heavy (non-hydrogen) atoms. The van der Waals surface area contributed by atoms with E-state index in [0.29, 0.717) is 18.4 Å². The Morgan fingerprint density at radius 2 is 2.22 bits per heavy atom. The molecule has 0 radical (unpaired) electrons. The number of hydrogen-bond acceptors (Lipinski definition) is 4. The second-order valence-electron chi connectivity index (χ2n) is 4.71. The third kappa shape index (κ3) is 6.95. The van der Waals surface area contributed by atoms with E-state index in [1.807, 2.05) is 19.1 Å². The van der Waals surface area contributed by atoms with Crippen molar-refractivity contribution < 1.29 is 13.3 Å². The number of amides is 2. The van der Waals surface area contributed by atoms with E-state index in [4.69, 9.17) is 11.9 Å². The molecule has 1 rings (SSSR count). The Hall–Kier alpha value is -1.02. The van der Waals surface area contributed by atoms with Gasteiger partial charge in [-0.25, -0.2) is 3.74 Å². The van der Waals surface area contributed by atoms with Crippen LogP contribution in [0.4, 0.5) is 0 Å². The average Bonchev–Trinajstić information content (AvgIpc) is 2.52. The molecular weight excluding hydrogens is 404 g/mol. The first-order valence-electron chi connectivity index (χ1n) is 6.87. The summed E-state index contributed by atoms with van der Waals surface area (Å²) in [5.41, 5.74) is 1.38. The fraction of sp³-hybridized carbons (Fsp3) is 0.333. The van der Waals surface area contributed by atoms with Crippen molar-refractivity contribution in [3.05, 3.63) is 45.3 Å². The molecule has 0 bridgehead atoms. The number of carbonyl (C=O) groups excluding carboxylic acids is 2. The van der Waals surface area contributed by atoms with Crippen LogP contribution in [0.25, 0.3) is 0 Å². The number of halogens is 2. The van der Waals surface area contributed by atoms with Gasteiger partial charge in [0.05, 0.1) is 11.9 Å². The first-order chi connectivity index (χ1) is 11.0. The van der Waals surface area contributed by atoms with Crippen LogP contribution in [-0.2, 0) is 8.53 Å². The molecule has 1 unspecified atom stereocenters. The van der Waals surface area contributed by atoms with E-state index in [9.17, 15) is 9.59 Å². The molecular formula is C15H18BrClN2O3S. The van der Waals surface area contributed by atoms with Crippen molar-refractivity contribution in [2.45, 2.75) is 25.8 Å². The molecule has 1 atom stereocenters. The van der Waals surface area contributed by atoms with Crippen LogP contribution in [0.2, 0.25) is 0 Å². The van der Waals surface area contributed by atoms with Crippen molar-refractivity contribution in [1.82, 2.24) is 10.6 Å². The molecule has 1 aromatic rings. The molecule has 2 N–H and O–H groups in total. The molecule has 2 amide bonds. The van der Waals surface area contributed by atoms with Crippen LogP contribution in [0.3, 0.4) is 0 Å². The summed E-state index contributed by atoms with van der Waals surface area (Å²) in [5.74, 6) is -0.506. The Labute approximate surface area is 153 Å². The molecule has 0 saturated carbocycles. The highest BCUT2D eigenvalue weighted by Gasteiger charge is 2.20. The highest BCUT2D eigenvalue weighted by molar-refractivity contribution is 9.10. The summed E-state index contributed by atoms with van der Waals surface area (Å²) >= 11 is 9.41. The van der Waals surface area contributed by atoms with Gasteiger partial charge < -0.3 is 10.6 Å². The van der Waals surface area contributed by atoms with E-state index in [0.717, 1.165) is 22.1 Å². The Kier molecular flexibility index (Phi) is 9.31. The summed E-state index contributed by atoms with van der Waals surface area (Å²) in [6.45, 7) is 1.85. The molecule has 0 aliphatic rings. The molecule has 0 aromatic heterocycles.